The Kier molecular flexibility index (Phi) is 8.88. The van der Waals surface area contributed by atoms with Crippen molar-refractivity contribution in [2.45, 2.75) is 50.2 Å². The van der Waals surface area contributed by atoms with E-state index in [0.717, 1.165) is 44.3 Å². The Labute approximate surface area is 216 Å². The highest BCUT2D eigenvalue weighted by Gasteiger charge is 2.36. The minimum absolute atomic E-state index is 0.00373. The summed E-state index contributed by atoms with van der Waals surface area (Å²) in [5, 5.41) is 4.38. The number of piperidine rings is 1. The first-order valence-corrected chi connectivity index (χ1v) is 14.9. The zero-order chi connectivity index (χ0) is 25.0. The SMILES string of the molecule is CNC1CCN(CC2CCCN2C(=O)CN2CCCC(NS(=O)(=O)/C=C/c3ccc(Cl)s3)C2=O)C1. The molecule has 2 N–H and O–H groups in total. The van der Waals surface area contributed by atoms with Crippen LogP contribution in [0.2, 0.25) is 4.34 Å². The van der Waals surface area contributed by atoms with Crippen molar-refractivity contribution in [3.8, 4) is 0 Å². The number of hydrogen-bond donors (Lipinski definition) is 2. The highest BCUT2D eigenvalue weighted by molar-refractivity contribution is 7.92. The topological polar surface area (TPSA) is 102 Å². The second kappa shape index (κ2) is 11.7. The fraction of sp³-hybridized carbons (Fsp3) is 0.652. The minimum Gasteiger partial charge on any atom is -0.337 e. The van der Waals surface area contributed by atoms with Gasteiger partial charge in [0, 0.05) is 48.5 Å². The monoisotopic (exact) mass is 543 g/mol. The van der Waals surface area contributed by atoms with Gasteiger partial charge in [0.05, 0.1) is 10.9 Å². The quantitative estimate of drug-likeness (QED) is 0.490. The average molecular weight is 544 g/mol. The second-order valence-electron chi connectivity index (χ2n) is 9.48. The number of carbonyl (C=O) groups is 2. The maximum absolute atomic E-state index is 13.2. The molecule has 2 amide bonds. The molecule has 0 radical (unpaired) electrons. The molecule has 3 fully saturated rings. The lowest BCUT2D eigenvalue weighted by Crippen LogP contribution is -2.55. The molecular formula is C23H34ClN5O4S2. The van der Waals surface area contributed by atoms with Crippen LogP contribution in [0.1, 0.15) is 37.0 Å². The third kappa shape index (κ3) is 7.05. The summed E-state index contributed by atoms with van der Waals surface area (Å²) in [6, 6.07) is 3.23. The summed E-state index contributed by atoms with van der Waals surface area (Å²) in [6.07, 6.45) is 5.57. The summed E-state index contributed by atoms with van der Waals surface area (Å²) < 4.78 is 28.1. The van der Waals surface area contributed by atoms with Crippen LogP contribution in [0.5, 0.6) is 0 Å². The van der Waals surface area contributed by atoms with E-state index in [2.05, 4.69) is 14.9 Å². The largest absolute Gasteiger partial charge is 0.337 e. The number of rotatable bonds is 9. The van der Waals surface area contributed by atoms with Gasteiger partial charge in [-0.05, 0) is 63.9 Å². The van der Waals surface area contributed by atoms with Gasteiger partial charge >= 0.3 is 0 Å². The molecule has 12 heteroatoms. The van der Waals surface area contributed by atoms with Crippen LogP contribution in [0.4, 0.5) is 0 Å². The van der Waals surface area contributed by atoms with Gasteiger partial charge in [-0.1, -0.05) is 11.6 Å². The van der Waals surface area contributed by atoms with Crippen molar-refractivity contribution in [3.05, 3.63) is 26.8 Å². The highest BCUT2D eigenvalue weighted by atomic mass is 35.5. The van der Waals surface area contributed by atoms with E-state index in [9.17, 15) is 18.0 Å². The van der Waals surface area contributed by atoms with Gasteiger partial charge in [-0.3, -0.25) is 14.5 Å². The van der Waals surface area contributed by atoms with Gasteiger partial charge in [0.1, 0.15) is 6.04 Å². The molecule has 3 saturated heterocycles. The average Bonchev–Trinajstić information content (AvgIpc) is 3.57. The van der Waals surface area contributed by atoms with Crippen molar-refractivity contribution in [2.24, 2.45) is 0 Å². The van der Waals surface area contributed by atoms with Crippen LogP contribution < -0.4 is 10.0 Å². The molecule has 4 rings (SSSR count). The first-order chi connectivity index (χ1) is 16.7. The number of nitrogens with zero attached hydrogens (tertiary/aromatic N) is 3. The van der Waals surface area contributed by atoms with Crippen LogP contribution in [0, 0.1) is 0 Å². The Balaban J connectivity index is 1.31. The van der Waals surface area contributed by atoms with Crippen molar-refractivity contribution in [1.82, 2.24) is 24.7 Å². The number of carbonyl (C=O) groups excluding carboxylic acids is 2. The predicted octanol–water partition coefficient (Wildman–Crippen LogP) is 1.57. The first-order valence-electron chi connectivity index (χ1n) is 12.2. The molecule has 0 saturated carbocycles. The number of hydrogen-bond acceptors (Lipinski definition) is 7. The zero-order valence-electron chi connectivity index (χ0n) is 20.0. The van der Waals surface area contributed by atoms with E-state index in [1.165, 1.54) is 22.3 Å². The van der Waals surface area contributed by atoms with E-state index in [1.54, 1.807) is 12.1 Å². The minimum atomic E-state index is -3.82. The molecule has 3 aliphatic rings. The molecule has 3 aliphatic heterocycles. The summed E-state index contributed by atoms with van der Waals surface area (Å²) in [5.41, 5.74) is 0. The Morgan fingerprint density at radius 3 is 2.71 bits per heavy atom. The van der Waals surface area contributed by atoms with Crippen molar-refractivity contribution in [3.63, 3.8) is 0 Å². The van der Waals surface area contributed by atoms with Gasteiger partial charge in [-0.25, -0.2) is 8.42 Å². The van der Waals surface area contributed by atoms with Gasteiger partial charge in [0.2, 0.25) is 21.8 Å². The van der Waals surface area contributed by atoms with E-state index in [-0.39, 0.29) is 24.4 Å². The lowest BCUT2D eigenvalue weighted by Gasteiger charge is -2.34. The van der Waals surface area contributed by atoms with E-state index in [0.29, 0.717) is 41.2 Å². The molecule has 3 unspecified atom stereocenters. The van der Waals surface area contributed by atoms with Crippen LogP contribution >= 0.6 is 22.9 Å². The number of nitrogens with one attached hydrogen (secondary N) is 2. The maximum atomic E-state index is 13.2. The van der Waals surface area contributed by atoms with Crippen molar-refractivity contribution < 1.29 is 18.0 Å². The van der Waals surface area contributed by atoms with Crippen LogP contribution in [0.25, 0.3) is 6.08 Å². The summed E-state index contributed by atoms with van der Waals surface area (Å²) >= 11 is 7.15. The molecule has 9 nitrogen and oxygen atoms in total. The number of amides is 2. The van der Waals surface area contributed by atoms with Gasteiger partial charge in [-0.15, -0.1) is 11.3 Å². The third-order valence-corrected chi connectivity index (χ3v) is 9.32. The molecule has 35 heavy (non-hydrogen) atoms. The van der Waals surface area contributed by atoms with Crippen molar-refractivity contribution in [2.75, 3.05) is 46.3 Å². The number of likely N-dealkylation sites (tertiary alicyclic amines) is 3. The zero-order valence-corrected chi connectivity index (χ0v) is 22.4. The smallest absolute Gasteiger partial charge is 0.242 e. The Hall–Kier alpha value is -1.50. The highest BCUT2D eigenvalue weighted by Crippen LogP contribution is 2.24. The number of sulfonamides is 1. The Morgan fingerprint density at radius 2 is 2.00 bits per heavy atom. The van der Waals surface area contributed by atoms with Gasteiger partial charge in [-0.2, -0.15) is 4.72 Å². The number of halogens is 1. The van der Waals surface area contributed by atoms with Crippen molar-refractivity contribution in [1.29, 1.82) is 0 Å². The molecule has 1 aromatic rings. The molecule has 3 atom stereocenters. The molecule has 4 heterocycles. The van der Waals surface area contributed by atoms with E-state index >= 15 is 0 Å². The fourth-order valence-corrected chi connectivity index (χ4v) is 7.23. The normalized spacial score (nSPS) is 26.3. The van der Waals surface area contributed by atoms with Gasteiger partial charge in [0.25, 0.3) is 0 Å². The van der Waals surface area contributed by atoms with Crippen LogP contribution in [-0.4, -0.2) is 99.4 Å². The van der Waals surface area contributed by atoms with Crippen molar-refractivity contribution >= 4 is 50.9 Å². The summed E-state index contributed by atoms with van der Waals surface area (Å²) in [6.45, 7) is 4.06. The number of thiophene rings is 1. The molecule has 0 aliphatic carbocycles. The van der Waals surface area contributed by atoms with Gasteiger partial charge in [0.15, 0.2) is 0 Å². The molecule has 1 aromatic heterocycles. The Morgan fingerprint density at radius 1 is 1.20 bits per heavy atom. The molecule has 0 spiro atoms. The Bertz CT molecular complexity index is 1050. The standard InChI is InChI=1S/C23H34ClN5O4S2/c1-25-17-8-12-27(14-17)15-18-4-2-11-29(18)22(30)16-28-10-3-5-20(23(28)31)26-35(32,33)13-9-19-6-7-21(24)34-19/h6-7,9,13,17-18,20,25-26H,2-5,8,10-12,14-16H2,1H3/b13-9+. The van der Waals surface area contributed by atoms with E-state index in [1.807, 2.05) is 11.9 Å². The molecule has 0 bridgehead atoms. The van der Waals surface area contributed by atoms with Gasteiger partial charge < -0.3 is 15.1 Å². The molecule has 0 aromatic carbocycles. The van der Waals surface area contributed by atoms with E-state index in [4.69, 9.17) is 11.6 Å². The second-order valence-corrected chi connectivity index (χ2v) is 12.8. The summed E-state index contributed by atoms with van der Waals surface area (Å²) in [7, 11) is -1.84. The van der Waals surface area contributed by atoms with Crippen LogP contribution in [0.15, 0.2) is 17.5 Å². The molecule has 194 valence electrons. The van der Waals surface area contributed by atoms with Crippen LogP contribution in [-0.2, 0) is 19.6 Å². The summed E-state index contributed by atoms with van der Waals surface area (Å²) in [5.74, 6) is -0.393. The molecular weight excluding hydrogens is 510 g/mol. The first kappa shape index (κ1) is 26.6. The van der Waals surface area contributed by atoms with E-state index < -0.39 is 16.1 Å². The predicted molar refractivity (Wildman–Crippen MR) is 139 cm³/mol. The lowest BCUT2D eigenvalue weighted by molar-refractivity contribution is -0.143. The third-order valence-electron chi connectivity index (χ3n) is 7.02. The summed E-state index contributed by atoms with van der Waals surface area (Å²) in [4.78, 5) is 32.7. The lowest BCUT2D eigenvalue weighted by atomic mass is 10.1. The maximum Gasteiger partial charge on any atom is 0.242 e. The fourth-order valence-electron chi connectivity index (χ4n) is 5.16. The number of likely N-dealkylation sites (N-methyl/N-ethyl adjacent to an activating group) is 1. The van der Waals surface area contributed by atoms with Crippen LogP contribution in [0.3, 0.4) is 0 Å².